The number of esters is 1. The molecular formula is C28H30O3S. The number of benzene rings is 1. The van der Waals surface area contributed by atoms with E-state index in [0.717, 1.165) is 46.4 Å². The van der Waals surface area contributed by atoms with Crippen LogP contribution in [0, 0.1) is 5.41 Å². The second-order valence-electron chi connectivity index (χ2n) is 9.54. The van der Waals surface area contributed by atoms with Crippen LogP contribution in [0.2, 0.25) is 0 Å². The van der Waals surface area contributed by atoms with Crippen molar-refractivity contribution in [3.63, 3.8) is 0 Å². The first-order valence-electron chi connectivity index (χ1n) is 11.2. The first-order chi connectivity index (χ1) is 15.2. The summed E-state index contributed by atoms with van der Waals surface area (Å²) in [6, 6.07) is 9.82. The smallest absolute Gasteiger partial charge is 0.337 e. The minimum Gasteiger partial charge on any atom is -0.465 e. The number of rotatable bonds is 5. The maximum Gasteiger partial charge on any atom is 0.337 e. The van der Waals surface area contributed by atoms with E-state index in [9.17, 15) is 9.59 Å². The van der Waals surface area contributed by atoms with Gasteiger partial charge in [0, 0.05) is 4.88 Å². The van der Waals surface area contributed by atoms with E-state index in [1.54, 1.807) is 23.5 Å². The van der Waals surface area contributed by atoms with Gasteiger partial charge in [0.05, 0.1) is 12.7 Å². The van der Waals surface area contributed by atoms with Crippen molar-refractivity contribution in [2.45, 2.75) is 52.4 Å². The number of allylic oxidation sites excluding steroid dienone is 6. The number of hydrogen-bond donors (Lipinski definition) is 0. The second kappa shape index (κ2) is 8.32. The van der Waals surface area contributed by atoms with Gasteiger partial charge in [-0.05, 0) is 75.8 Å². The van der Waals surface area contributed by atoms with Gasteiger partial charge in [-0.3, -0.25) is 4.79 Å². The third kappa shape index (κ3) is 3.51. The monoisotopic (exact) mass is 446 g/mol. The van der Waals surface area contributed by atoms with Crippen molar-refractivity contribution < 1.29 is 14.3 Å². The number of unbranched alkanes of at least 4 members (excludes halogenated alkanes) is 1. The highest BCUT2D eigenvalue weighted by Crippen LogP contribution is 2.57. The maximum absolute atomic E-state index is 13.8. The molecule has 32 heavy (non-hydrogen) atoms. The van der Waals surface area contributed by atoms with E-state index in [2.05, 4.69) is 45.2 Å². The fraction of sp³-hybridized carbons (Fsp3) is 0.357. The molecule has 0 bridgehead atoms. The number of carbonyl (C=O) groups is 2. The Labute approximate surface area is 194 Å². The van der Waals surface area contributed by atoms with Gasteiger partial charge in [0.2, 0.25) is 0 Å². The lowest BCUT2D eigenvalue weighted by Crippen LogP contribution is -2.35. The number of fused-ring (bicyclic) bond motifs is 2. The van der Waals surface area contributed by atoms with Crippen LogP contribution in [0.25, 0.3) is 11.1 Å². The topological polar surface area (TPSA) is 43.4 Å². The predicted octanol–water partition coefficient (Wildman–Crippen LogP) is 7.00. The average Bonchev–Trinajstić information content (AvgIpc) is 3.38. The molecule has 1 unspecified atom stereocenters. The van der Waals surface area contributed by atoms with Gasteiger partial charge >= 0.3 is 5.97 Å². The summed E-state index contributed by atoms with van der Waals surface area (Å²) < 4.78 is 4.99. The highest BCUT2D eigenvalue weighted by molar-refractivity contribution is 7.11. The summed E-state index contributed by atoms with van der Waals surface area (Å²) in [5.74, 6) is -0.283. The zero-order chi connectivity index (χ0) is 23.1. The fourth-order valence-corrected chi connectivity index (χ4v) is 5.65. The van der Waals surface area contributed by atoms with E-state index in [4.69, 9.17) is 4.74 Å². The maximum atomic E-state index is 13.8. The van der Waals surface area contributed by atoms with E-state index in [1.165, 1.54) is 12.7 Å². The Morgan fingerprint density at radius 2 is 1.94 bits per heavy atom. The summed E-state index contributed by atoms with van der Waals surface area (Å²) in [4.78, 5) is 27.2. The summed E-state index contributed by atoms with van der Waals surface area (Å²) in [5.41, 5.74) is 4.91. The molecule has 166 valence electrons. The minimum atomic E-state index is -0.866. The number of ketones is 1. The van der Waals surface area contributed by atoms with Gasteiger partial charge in [-0.2, -0.15) is 0 Å². The molecule has 0 saturated carbocycles. The van der Waals surface area contributed by atoms with Gasteiger partial charge in [0.25, 0.3) is 0 Å². The second-order valence-corrected chi connectivity index (χ2v) is 10.5. The quantitative estimate of drug-likeness (QED) is 0.465. The van der Waals surface area contributed by atoms with Crippen molar-refractivity contribution in [1.29, 1.82) is 0 Å². The van der Waals surface area contributed by atoms with Gasteiger partial charge in [-0.1, -0.05) is 58.4 Å². The molecule has 2 aliphatic carbocycles. The zero-order valence-electron chi connectivity index (χ0n) is 19.5. The van der Waals surface area contributed by atoms with Gasteiger partial charge in [-0.25, -0.2) is 4.79 Å². The van der Waals surface area contributed by atoms with Crippen LogP contribution in [0.3, 0.4) is 0 Å². The van der Waals surface area contributed by atoms with Crippen LogP contribution >= 0.6 is 11.3 Å². The van der Waals surface area contributed by atoms with Crippen LogP contribution in [0.4, 0.5) is 0 Å². The zero-order valence-corrected chi connectivity index (χ0v) is 20.3. The van der Waals surface area contributed by atoms with Crippen molar-refractivity contribution in [3.05, 3.63) is 81.1 Å². The third-order valence-corrected chi connectivity index (χ3v) is 7.36. The van der Waals surface area contributed by atoms with Crippen molar-refractivity contribution in [3.8, 4) is 0 Å². The molecule has 1 heterocycles. The molecule has 1 atom stereocenters. The number of thiophene rings is 1. The molecule has 2 aromatic rings. The van der Waals surface area contributed by atoms with Crippen LogP contribution < -0.4 is 0 Å². The van der Waals surface area contributed by atoms with Gasteiger partial charge < -0.3 is 4.74 Å². The number of carbonyl (C=O) groups excluding carboxylic acids is 2. The van der Waals surface area contributed by atoms with Gasteiger partial charge in [-0.15, -0.1) is 11.3 Å². The Balaban J connectivity index is 2.08. The summed E-state index contributed by atoms with van der Waals surface area (Å²) >= 11 is 1.67. The molecule has 0 aliphatic heterocycles. The van der Waals surface area contributed by atoms with Crippen LogP contribution in [-0.4, -0.2) is 18.9 Å². The van der Waals surface area contributed by atoms with Crippen molar-refractivity contribution in [2.24, 2.45) is 5.41 Å². The van der Waals surface area contributed by atoms with Crippen molar-refractivity contribution in [2.75, 3.05) is 7.11 Å². The van der Waals surface area contributed by atoms with E-state index >= 15 is 0 Å². The van der Waals surface area contributed by atoms with E-state index < -0.39 is 5.41 Å². The first-order valence-corrected chi connectivity index (χ1v) is 12.1. The molecular weight excluding hydrogens is 416 g/mol. The van der Waals surface area contributed by atoms with Crippen molar-refractivity contribution in [1.82, 2.24) is 0 Å². The Morgan fingerprint density at radius 1 is 1.16 bits per heavy atom. The first kappa shape index (κ1) is 22.5. The largest absolute Gasteiger partial charge is 0.465 e. The van der Waals surface area contributed by atoms with Crippen LogP contribution in [0.15, 0.2) is 59.5 Å². The molecule has 0 fully saturated rings. The Bertz CT molecular complexity index is 1160. The van der Waals surface area contributed by atoms with E-state index in [1.807, 2.05) is 24.3 Å². The third-order valence-electron chi connectivity index (χ3n) is 6.48. The molecule has 0 radical (unpaired) electrons. The standard InChI is InChI=1S/C28H30O3S/c1-6-7-9-20-21-16-18(26(30)31-5)11-13-22(21)28(25(20)23-10-8-15-32-23)17-19(27(2,3)4)12-14-24(28)29/h8,10-17H,6-7,9H2,1-5H3. The Kier molecular flexibility index (Phi) is 5.85. The molecule has 0 N–H and O–H groups in total. The summed E-state index contributed by atoms with van der Waals surface area (Å²) in [5, 5.41) is 2.06. The van der Waals surface area contributed by atoms with Crippen LogP contribution in [-0.2, 0) is 14.9 Å². The molecule has 1 spiro atoms. The minimum absolute atomic E-state index is 0.0764. The fourth-order valence-electron chi connectivity index (χ4n) is 4.79. The van der Waals surface area contributed by atoms with Crippen LogP contribution in [0.1, 0.15) is 73.3 Å². The highest BCUT2D eigenvalue weighted by Gasteiger charge is 2.50. The molecule has 4 rings (SSSR count). The lowest BCUT2D eigenvalue weighted by Gasteiger charge is -2.34. The molecule has 0 saturated heterocycles. The molecule has 3 nitrogen and oxygen atoms in total. The van der Waals surface area contributed by atoms with E-state index in [-0.39, 0.29) is 17.2 Å². The Hall–Kier alpha value is -2.72. The Morgan fingerprint density at radius 3 is 2.56 bits per heavy atom. The molecule has 0 amide bonds. The lowest BCUT2D eigenvalue weighted by molar-refractivity contribution is -0.116. The number of hydrogen-bond acceptors (Lipinski definition) is 4. The van der Waals surface area contributed by atoms with Gasteiger partial charge in [0.1, 0.15) is 5.41 Å². The normalized spacial score (nSPS) is 20.0. The van der Waals surface area contributed by atoms with Gasteiger partial charge in [0.15, 0.2) is 5.78 Å². The lowest BCUT2D eigenvalue weighted by atomic mass is 9.67. The molecule has 1 aromatic carbocycles. The average molecular weight is 447 g/mol. The van der Waals surface area contributed by atoms with E-state index in [0.29, 0.717) is 5.56 Å². The number of ether oxygens (including phenoxy) is 1. The molecule has 2 aliphatic rings. The summed E-state index contributed by atoms with van der Waals surface area (Å²) in [7, 11) is 1.40. The summed E-state index contributed by atoms with van der Waals surface area (Å²) in [6.45, 7) is 8.70. The van der Waals surface area contributed by atoms with Crippen molar-refractivity contribution >= 4 is 34.2 Å². The highest BCUT2D eigenvalue weighted by atomic mass is 32.1. The predicted molar refractivity (Wildman–Crippen MR) is 132 cm³/mol. The number of methoxy groups -OCH3 is 1. The summed E-state index contributed by atoms with van der Waals surface area (Å²) in [6.07, 6.45) is 8.82. The molecule has 1 aromatic heterocycles. The van der Waals surface area contributed by atoms with Crippen LogP contribution in [0.5, 0.6) is 0 Å². The molecule has 4 heteroatoms. The SMILES string of the molecule is CCCCC1=C(c2cccs2)C2(C=C(C(C)(C)C)C=CC2=O)c2ccc(C(=O)OC)cc21.